The van der Waals surface area contributed by atoms with Crippen molar-refractivity contribution in [1.29, 1.82) is 0 Å². The van der Waals surface area contributed by atoms with Crippen molar-refractivity contribution in [2.24, 2.45) is 11.8 Å². The van der Waals surface area contributed by atoms with Gasteiger partial charge in [-0.1, -0.05) is 27.2 Å². The summed E-state index contributed by atoms with van der Waals surface area (Å²) in [6, 6.07) is 0. The molecule has 1 heterocycles. The van der Waals surface area contributed by atoms with Gasteiger partial charge in [-0.15, -0.1) is 11.8 Å². The molecule has 1 aliphatic carbocycles. The van der Waals surface area contributed by atoms with Crippen molar-refractivity contribution in [3.63, 3.8) is 0 Å². The molecule has 1 saturated carbocycles. The SMILES string of the molecule is CSC[C@](C)(O)[C@@H]1O[C@@H]2C[C@H](C)CC[C@H]2C(C)(C)S1. The Morgan fingerprint density at radius 2 is 2.11 bits per heavy atom. The smallest absolute Gasteiger partial charge is 0.133 e. The third kappa shape index (κ3) is 3.45. The predicted octanol–water partition coefficient (Wildman–Crippen LogP) is 3.77. The van der Waals surface area contributed by atoms with Gasteiger partial charge in [-0.05, 0) is 37.9 Å². The van der Waals surface area contributed by atoms with Crippen LogP contribution in [0.25, 0.3) is 0 Å². The van der Waals surface area contributed by atoms with Crippen molar-refractivity contribution >= 4 is 23.5 Å². The highest BCUT2D eigenvalue weighted by atomic mass is 32.2. The first-order valence-corrected chi connectivity index (χ1v) is 9.58. The van der Waals surface area contributed by atoms with Crippen LogP contribution in [0.2, 0.25) is 0 Å². The van der Waals surface area contributed by atoms with Crippen LogP contribution in [0.5, 0.6) is 0 Å². The van der Waals surface area contributed by atoms with E-state index in [0.29, 0.717) is 12.0 Å². The molecule has 4 heteroatoms. The van der Waals surface area contributed by atoms with Crippen molar-refractivity contribution in [3.8, 4) is 0 Å². The molecule has 0 unspecified atom stereocenters. The Morgan fingerprint density at radius 1 is 1.42 bits per heavy atom. The van der Waals surface area contributed by atoms with Crippen molar-refractivity contribution in [3.05, 3.63) is 0 Å². The highest BCUT2D eigenvalue weighted by Gasteiger charge is 2.50. The molecule has 0 amide bonds. The second-order valence-corrected chi connectivity index (χ2v) is 9.62. The van der Waals surface area contributed by atoms with Gasteiger partial charge < -0.3 is 9.84 Å². The average Bonchev–Trinajstić information content (AvgIpc) is 2.26. The molecule has 19 heavy (non-hydrogen) atoms. The summed E-state index contributed by atoms with van der Waals surface area (Å²) in [7, 11) is 0. The number of ether oxygens (including phenoxy) is 1. The normalized spacial score (nSPS) is 41.4. The number of hydrogen-bond acceptors (Lipinski definition) is 4. The number of aliphatic hydroxyl groups is 1. The minimum absolute atomic E-state index is 0.0958. The fraction of sp³-hybridized carbons (Fsp3) is 1.00. The lowest BCUT2D eigenvalue weighted by Crippen LogP contribution is -2.55. The first kappa shape index (κ1) is 16.0. The molecule has 2 nitrogen and oxygen atoms in total. The Kier molecular flexibility index (Phi) is 4.87. The molecule has 2 fully saturated rings. The third-order valence-corrected chi connectivity index (χ3v) is 7.22. The van der Waals surface area contributed by atoms with E-state index >= 15 is 0 Å². The van der Waals surface area contributed by atoms with Crippen LogP contribution in [-0.4, -0.2) is 39.0 Å². The van der Waals surface area contributed by atoms with E-state index in [1.165, 1.54) is 12.8 Å². The number of rotatable bonds is 3. The molecule has 0 spiro atoms. The van der Waals surface area contributed by atoms with E-state index in [4.69, 9.17) is 4.74 Å². The molecular formula is C15H28O2S2. The van der Waals surface area contributed by atoms with Gasteiger partial charge in [-0.2, -0.15) is 11.8 Å². The van der Waals surface area contributed by atoms with Crippen LogP contribution in [0.4, 0.5) is 0 Å². The van der Waals surface area contributed by atoms with Crippen LogP contribution in [0.1, 0.15) is 47.0 Å². The van der Waals surface area contributed by atoms with Gasteiger partial charge in [-0.3, -0.25) is 0 Å². The lowest BCUT2D eigenvalue weighted by atomic mass is 9.74. The van der Waals surface area contributed by atoms with Crippen LogP contribution in [-0.2, 0) is 4.74 Å². The Labute approximate surface area is 126 Å². The van der Waals surface area contributed by atoms with Gasteiger partial charge >= 0.3 is 0 Å². The summed E-state index contributed by atoms with van der Waals surface area (Å²) in [6.07, 6.45) is 6.11. The molecule has 0 radical (unpaired) electrons. The fourth-order valence-electron chi connectivity index (χ4n) is 3.46. The standard InChI is InChI=1S/C15H28O2S2/c1-10-6-7-11-12(8-10)17-13(19-14(11,2)3)15(4,16)9-18-5/h10-13,16H,6-9H2,1-5H3/t10-,11-,12-,13-,15+/m1/s1. The van der Waals surface area contributed by atoms with Crippen LogP contribution in [0.15, 0.2) is 0 Å². The van der Waals surface area contributed by atoms with Crippen molar-refractivity contribution in [1.82, 2.24) is 0 Å². The maximum Gasteiger partial charge on any atom is 0.133 e. The van der Waals surface area contributed by atoms with Gasteiger partial charge in [-0.25, -0.2) is 0 Å². The molecule has 1 N–H and O–H groups in total. The summed E-state index contributed by atoms with van der Waals surface area (Å²) < 4.78 is 6.52. The van der Waals surface area contributed by atoms with E-state index in [2.05, 4.69) is 20.8 Å². The summed E-state index contributed by atoms with van der Waals surface area (Å²) in [6.45, 7) is 8.90. The Balaban J connectivity index is 2.14. The fourth-order valence-corrected chi connectivity index (χ4v) is 5.83. The number of hydrogen-bond donors (Lipinski definition) is 1. The minimum Gasteiger partial charge on any atom is -0.386 e. The number of fused-ring (bicyclic) bond motifs is 1. The zero-order chi connectivity index (χ0) is 14.3. The molecule has 0 aromatic heterocycles. The molecular weight excluding hydrogens is 276 g/mol. The predicted molar refractivity (Wildman–Crippen MR) is 85.8 cm³/mol. The topological polar surface area (TPSA) is 29.5 Å². The van der Waals surface area contributed by atoms with E-state index in [1.807, 2.05) is 24.9 Å². The molecule has 0 bridgehead atoms. The minimum atomic E-state index is -0.743. The van der Waals surface area contributed by atoms with Crippen LogP contribution in [0, 0.1) is 11.8 Å². The maximum absolute atomic E-state index is 10.7. The Morgan fingerprint density at radius 3 is 2.74 bits per heavy atom. The summed E-state index contributed by atoms with van der Waals surface area (Å²) in [4.78, 5) is 0. The highest BCUT2D eigenvalue weighted by molar-refractivity contribution is 8.01. The number of thioether (sulfide) groups is 2. The van der Waals surface area contributed by atoms with Gasteiger partial charge in [0.25, 0.3) is 0 Å². The van der Waals surface area contributed by atoms with E-state index in [9.17, 15) is 5.11 Å². The zero-order valence-corrected chi connectivity index (χ0v) is 14.4. The van der Waals surface area contributed by atoms with Gasteiger partial charge in [0.05, 0.1) is 6.10 Å². The van der Waals surface area contributed by atoms with Gasteiger partial charge in [0.15, 0.2) is 0 Å². The van der Waals surface area contributed by atoms with Crippen LogP contribution < -0.4 is 0 Å². The third-order valence-electron chi connectivity index (χ3n) is 4.60. The Bertz CT molecular complexity index is 317. The second-order valence-electron chi connectivity index (χ2n) is 7.04. The van der Waals surface area contributed by atoms with E-state index in [1.54, 1.807) is 11.8 Å². The first-order valence-electron chi connectivity index (χ1n) is 7.31. The van der Waals surface area contributed by atoms with E-state index in [-0.39, 0.29) is 10.2 Å². The van der Waals surface area contributed by atoms with Crippen LogP contribution >= 0.6 is 23.5 Å². The molecule has 2 rings (SSSR count). The molecule has 1 aliphatic heterocycles. The monoisotopic (exact) mass is 304 g/mol. The van der Waals surface area contributed by atoms with Gasteiger partial charge in [0, 0.05) is 10.5 Å². The average molecular weight is 305 g/mol. The molecule has 0 aromatic carbocycles. The summed E-state index contributed by atoms with van der Waals surface area (Å²) >= 11 is 3.53. The molecule has 0 aromatic rings. The largest absolute Gasteiger partial charge is 0.386 e. The molecule has 1 saturated heterocycles. The van der Waals surface area contributed by atoms with Crippen molar-refractivity contribution < 1.29 is 9.84 Å². The van der Waals surface area contributed by atoms with Crippen molar-refractivity contribution in [2.75, 3.05) is 12.0 Å². The van der Waals surface area contributed by atoms with Gasteiger partial charge in [0.2, 0.25) is 0 Å². The first-order chi connectivity index (χ1) is 8.76. The van der Waals surface area contributed by atoms with E-state index in [0.717, 1.165) is 18.1 Å². The summed E-state index contributed by atoms with van der Waals surface area (Å²) in [5, 5.41) is 10.7. The molecule has 2 aliphatic rings. The maximum atomic E-state index is 10.7. The second kappa shape index (κ2) is 5.78. The summed E-state index contributed by atoms with van der Waals surface area (Å²) in [5.41, 5.74) is -0.839. The Hall–Kier alpha value is 0.620. The van der Waals surface area contributed by atoms with Gasteiger partial charge in [0.1, 0.15) is 11.0 Å². The molecule has 112 valence electrons. The lowest BCUT2D eigenvalue weighted by Gasteiger charge is -2.52. The van der Waals surface area contributed by atoms with Crippen LogP contribution in [0.3, 0.4) is 0 Å². The summed E-state index contributed by atoms with van der Waals surface area (Å²) in [5.74, 6) is 2.12. The lowest BCUT2D eigenvalue weighted by molar-refractivity contribution is -0.118. The highest BCUT2D eigenvalue weighted by Crippen LogP contribution is 2.52. The molecule has 5 atom stereocenters. The quantitative estimate of drug-likeness (QED) is 0.859. The van der Waals surface area contributed by atoms with E-state index < -0.39 is 5.60 Å². The zero-order valence-electron chi connectivity index (χ0n) is 12.8. The van der Waals surface area contributed by atoms with Crippen molar-refractivity contribution in [2.45, 2.75) is 68.8 Å².